The number of pyridine rings is 1. The van der Waals surface area contributed by atoms with Crippen molar-refractivity contribution in [1.82, 2.24) is 14.5 Å². The summed E-state index contributed by atoms with van der Waals surface area (Å²) in [6, 6.07) is 4.30. The van der Waals surface area contributed by atoms with E-state index in [1.165, 1.54) is 24.1 Å². The first-order valence-corrected chi connectivity index (χ1v) is 14.7. The van der Waals surface area contributed by atoms with Crippen LogP contribution in [0.25, 0.3) is 16.6 Å². The molecular formula is C28H37FN4O2S. The van der Waals surface area contributed by atoms with E-state index in [9.17, 15) is 8.60 Å². The average Bonchev–Trinajstić information content (AvgIpc) is 3.45. The van der Waals surface area contributed by atoms with Crippen molar-refractivity contribution in [2.24, 2.45) is 11.8 Å². The lowest BCUT2D eigenvalue weighted by Crippen LogP contribution is -2.31. The van der Waals surface area contributed by atoms with Gasteiger partial charge < -0.3 is 14.2 Å². The molecule has 0 radical (unpaired) electrons. The van der Waals surface area contributed by atoms with Crippen LogP contribution in [0.15, 0.2) is 41.7 Å². The van der Waals surface area contributed by atoms with Gasteiger partial charge in [-0.15, -0.1) is 0 Å². The summed E-state index contributed by atoms with van der Waals surface area (Å²) < 4.78 is 43.8. The number of hydrogen-bond donors (Lipinski definition) is 1. The molecule has 4 heterocycles. The SMILES string of the molecule is Cc1cncc2c1c(C[C@H]1CCN(CC3CCOCC3)C1)cn2-c1ccc(F)cc1S(=N)(=O)C(C)C. The molecule has 2 aromatic heterocycles. The Kier molecular flexibility index (Phi) is 7.21. The summed E-state index contributed by atoms with van der Waals surface area (Å²) in [7, 11) is -3.19. The maximum atomic E-state index is 14.3. The number of aryl methyl sites for hydroxylation is 1. The quantitative estimate of drug-likeness (QED) is 0.449. The number of nitrogens with zero attached hydrogens (tertiary/aromatic N) is 3. The molecule has 1 unspecified atom stereocenters. The molecule has 3 aromatic rings. The van der Waals surface area contributed by atoms with Gasteiger partial charge in [0.05, 0.1) is 32.0 Å². The van der Waals surface area contributed by atoms with Gasteiger partial charge in [0.25, 0.3) is 0 Å². The molecule has 1 N–H and O–H groups in total. The average molecular weight is 513 g/mol. The molecule has 2 fully saturated rings. The molecule has 6 nitrogen and oxygen atoms in total. The maximum absolute atomic E-state index is 14.3. The predicted molar refractivity (Wildman–Crippen MR) is 142 cm³/mol. The molecule has 194 valence electrons. The Morgan fingerprint density at radius 2 is 1.97 bits per heavy atom. The van der Waals surface area contributed by atoms with E-state index in [0.717, 1.165) is 74.5 Å². The lowest BCUT2D eigenvalue weighted by Gasteiger charge is -2.27. The van der Waals surface area contributed by atoms with Crippen molar-refractivity contribution < 1.29 is 13.3 Å². The molecule has 2 atom stereocenters. The van der Waals surface area contributed by atoms with Gasteiger partial charge in [-0.3, -0.25) is 4.98 Å². The highest BCUT2D eigenvalue weighted by atomic mass is 32.2. The lowest BCUT2D eigenvalue weighted by molar-refractivity contribution is 0.0551. The van der Waals surface area contributed by atoms with Crippen molar-refractivity contribution >= 4 is 20.6 Å². The van der Waals surface area contributed by atoms with Crippen LogP contribution in [0, 0.1) is 29.4 Å². The van der Waals surface area contributed by atoms with Crippen molar-refractivity contribution in [2.75, 3.05) is 32.8 Å². The molecule has 2 aliphatic rings. The van der Waals surface area contributed by atoms with Crippen LogP contribution in [0.1, 0.15) is 44.2 Å². The zero-order valence-corrected chi connectivity index (χ0v) is 22.3. The Balaban J connectivity index is 1.47. The minimum absolute atomic E-state index is 0.242. The zero-order chi connectivity index (χ0) is 25.4. The summed E-state index contributed by atoms with van der Waals surface area (Å²) in [6.07, 6.45) is 10.3. The fourth-order valence-corrected chi connectivity index (χ4v) is 7.10. The smallest absolute Gasteiger partial charge is 0.124 e. The highest BCUT2D eigenvalue weighted by molar-refractivity contribution is 7.93. The van der Waals surface area contributed by atoms with Crippen LogP contribution >= 0.6 is 0 Å². The van der Waals surface area contributed by atoms with Gasteiger partial charge in [0.15, 0.2) is 0 Å². The molecule has 8 heteroatoms. The van der Waals surface area contributed by atoms with Gasteiger partial charge in [-0.1, -0.05) is 0 Å². The van der Waals surface area contributed by atoms with Crippen LogP contribution in [-0.2, 0) is 20.9 Å². The van der Waals surface area contributed by atoms with Crippen LogP contribution in [-0.4, -0.2) is 56.8 Å². The van der Waals surface area contributed by atoms with Crippen LogP contribution in [0.3, 0.4) is 0 Å². The fraction of sp³-hybridized carbons (Fsp3) is 0.536. The van der Waals surface area contributed by atoms with Crippen LogP contribution in [0.5, 0.6) is 0 Å². The van der Waals surface area contributed by atoms with Crippen molar-refractivity contribution in [2.45, 2.75) is 56.6 Å². The summed E-state index contributed by atoms with van der Waals surface area (Å²) in [4.78, 5) is 7.29. The van der Waals surface area contributed by atoms with Gasteiger partial charge >= 0.3 is 0 Å². The fourth-order valence-electron chi connectivity index (χ4n) is 5.83. The Bertz CT molecular complexity index is 1350. The Hall–Kier alpha value is -2.29. The van der Waals surface area contributed by atoms with Gasteiger partial charge in [0, 0.05) is 49.3 Å². The molecule has 0 spiro atoms. The maximum Gasteiger partial charge on any atom is 0.124 e. The van der Waals surface area contributed by atoms with Crippen molar-refractivity contribution in [3.63, 3.8) is 0 Å². The summed E-state index contributed by atoms with van der Waals surface area (Å²) in [5, 5.41) is 0.726. The van der Waals surface area contributed by atoms with Crippen LogP contribution in [0.4, 0.5) is 4.39 Å². The predicted octanol–water partition coefficient (Wildman–Crippen LogP) is 5.58. The molecule has 0 amide bonds. The van der Waals surface area contributed by atoms with E-state index in [1.54, 1.807) is 19.9 Å². The first-order valence-electron chi connectivity index (χ1n) is 13.1. The molecule has 2 saturated heterocycles. The molecule has 2 aliphatic heterocycles. The third kappa shape index (κ3) is 4.95. The van der Waals surface area contributed by atoms with Crippen molar-refractivity contribution in [1.29, 1.82) is 4.78 Å². The molecule has 1 aromatic carbocycles. The van der Waals surface area contributed by atoms with Crippen molar-refractivity contribution in [3.8, 4) is 5.69 Å². The monoisotopic (exact) mass is 512 g/mol. The third-order valence-corrected chi connectivity index (χ3v) is 10.2. The van der Waals surface area contributed by atoms with Gasteiger partial charge in [-0.25, -0.2) is 13.4 Å². The van der Waals surface area contributed by atoms with Gasteiger partial charge in [0.2, 0.25) is 0 Å². The Morgan fingerprint density at radius 1 is 1.19 bits per heavy atom. The third-order valence-electron chi connectivity index (χ3n) is 7.89. The normalized spacial score (nSPS) is 21.4. The number of fused-ring (bicyclic) bond motifs is 1. The number of nitrogens with one attached hydrogen (secondary N) is 1. The highest BCUT2D eigenvalue weighted by Crippen LogP contribution is 2.34. The minimum Gasteiger partial charge on any atom is -0.381 e. The lowest BCUT2D eigenvalue weighted by atomic mass is 9.97. The van der Waals surface area contributed by atoms with E-state index in [1.807, 2.05) is 17.0 Å². The van der Waals surface area contributed by atoms with E-state index >= 15 is 0 Å². The summed E-state index contributed by atoms with van der Waals surface area (Å²) in [6.45, 7) is 10.8. The number of likely N-dealkylation sites (tertiary alicyclic amines) is 1. The van der Waals surface area contributed by atoms with Crippen LogP contribution < -0.4 is 0 Å². The van der Waals surface area contributed by atoms with E-state index in [-0.39, 0.29) is 4.90 Å². The topological polar surface area (TPSA) is 71.2 Å². The van der Waals surface area contributed by atoms with E-state index in [0.29, 0.717) is 11.6 Å². The number of rotatable bonds is 7. The second-order valence-electron chi connectivity index (χ2n) is 10.8. The molecule has 5 rings (SSSR count). The van der Waals surface area contributed by atoms with Gasteiger partial charge in [-0.2, -0.15) is 0 Å². The largest absolute Gasteiger partial charge is 0.381 e. The van der Waals surface area contributed by atoms with Crippen molar-refractivity contribution in [3.05, 3.63) is 53.7 Å². The Morgan fingerprint density at radius 3 is 2.72 bits per heavy atom. The first-order chi connectivity index (χ1) is 17.2. The van der Waals surface area contributed by atoms with E-state index < -0.39 is 20.8 Å². The summed E-state index contributed by atoms with van der Waals surface area (Å²) in [5.41, 5.74) is 3.84. The second kappa shape index (κ2) is 10.2. The van der Waals surface area contributed by atoms with E-state index in [4.69, 9.17) is 9.52 Å². The van der Waals surface area contributed by atoms with Gasteiger partial charge in [0.1, 0.15) is 5.82 Å². The number of hydrogen-bond acceptors (Lipinski definition) is 5. The molecular weight excluding hydrogens is 475 g/mol. The number of halogens is 1. The van der Waals surface area contributed by atoms with Crippen LogP contribution in [0.2, 0.25) is 0 Å². The minimum atomic E-state index is -3.19. The first kappa shape index (κ1) is 25.4. The molecule has 0 bridgehead atoms. The number of ether oxygens (including phenoxy) is 1. The summed E-state index contributed by atoms with van der Waals surface area (Å²) >= 11 is 0. The number of aromatic nitrogens is 2. The summed E-state index contributed by atoms with van der Waals surface area (Å²) in [5.74, 6) is 0.835. The molecule has 0 saturated carbocycles. The van der Waals surface area contributed by atoms with E-state index in [2.05, 4.69) is 23.0 Å². The second-order valence-corrected chi connectivity index (χ2v) is 13.4. The standard InChI is InChI=1S/C28H37FN4O2S/c1-19(2)36(30,34)27-13-24(29)4-5-25(27)33-18-23(28-20(3)14-31-15-26(28)33)12-22-6-9-32(17-22)16-21-7-10-35-11-8-21/h4-5,13-15,18-19,21-22,30H,6-12,16-17H2,1-3H3/t22-,36?/m1/s1. The molecule has 0 aliphatic carbocycles. The number of benzene rings is 1. The van der Waals surface area contributed by atoms with Gasteiger partial charge in [-0.05, 0) is 94.2 Å². The highest BCUT2D eigenvalue weighted by Gasteiger charge is 2.28. The Labute approximate surface area is 213 Å². The zero-order valence-electron chi connectivity index (χ0n) is 21.5. The molecule has 36 heavy (non-hydrogen) atoms.